The van der Waals surface area contributed by atoms with Crippen molar-refractivity contribution >= 4 is 11.9 Å². The van der Waals surface area contributed by atoms with Crippen molar-refractivity contribution in [3.05, 3.63) is 0 Å². The number of aliphatic carboxylic acids is 1. The minimum atomic E-state index is -1.14. The van der Waals surface area contributed by atoms with Gasteiger partial charge in [-0.05, 0) is 19.8 Å². The first-order valence-corrected chi connectivity index (χ1v) is 8.56. The van der Waals surface area contributed by atoms with Crippen LogP contribution < -0.4 is 0 Å². The predicted molar refractivity (Wildman–Crippen MR) is 88.8 cm³/mol. The van der Waals surface area contributed by atoms with Crippen LogP contribution in [-0.4, -0.2) is 22.6 Å². The maximum atomic E-state index is 11.7. The lowest BCUT2D eigenvalue weighted by molar-refractivity contribution is -0.174. The SMILES string of the molecule is CCCCCCCCCC(C)(OC(=O)CC(=O)O)C(C)(C)C. The van der Waals surface area contributed by atoms with Crippen LogP contribution in [0.2, 0.25) is 0 Å². The van der Waals surface area contributed by atoms with E-state index in [1.165, 1.54) is 32.1 Å². The summed E-state index contributed by atoms with van der Waals surface area (Å²) in [5, 5.41) is 8.70. The van der Waals surface area contributed by atoms with Crippen molar-refractivity contribution in [2.24, 2.45) is 5.41 Å². The van der Waals surface area contributed by atoms with E-state index >= 15 is 0 Å². The van der Waals surface area contributed by atoms with Crippen LogP contribution in [0.25, 0.3) is 0 Å². The molecule has 0 rings (SSSR count). The van der Waals surface area contributed by atoms with Gasteiger partial charge in [0.2, 0.25) is 0 Å². The van der Waals surface area contributed by atoms with Crippen molar-refractivity contribution < 1.29 is 19.4 Å². The van der Waals surface area contributed by atoms with Crippen LogP contribution in [0.15, 0.2) is 0 Å². The fourth-order valence-electron chi connectivity index (χ4n) is 2.41. The molecule has 130 valence electrons. The largest absolute Gasteiger partial charge is 0.481 e. The van der Waals surface area contributed by atoms with Gasteiger partial charge in [-0.25, -0.2) is 0 Å². The van der Waals surface area contributed by atoms with Crippen LogP contribution in [-0.2, 0) is 14.3 Å². The molecule has 1 atom stereocenters. The van der Waals surface area contributed by atoms with E-state index in [2.05, 4.69) is 6.92 Å². The normalized spacial score (nSPS) is 14.4. The van der Waals surface area contributed by atoms with E-state index in [0.717, 1.165) is 19.3 Å². The maximum Gasteiger partial charge on any atom is 0.317 e. The molecule has 4 nitrogen and oxygen atoms in total. The van der Waals surface area contributed by atoms with Crippen LogP contribution >= 0.6 is 0 Å². The summed E-state index contributed by atoms with van der Waals surface area (Å²) in [5.74, 6) is -1.79. The number of hydrogen-bond acceptors (Lipinski definition) is 3. The summed E-state index contributed by atoms with van der Waals surface area (Å²) in [4.78, 5) is 22.3. The molecule has 0 radical (unpaired) electrons. The Hall–Kier alpha value is -1.06. The van der Waals surface area contributed by atoms with Crippen molar-refractivity contribution in [2.45, 2.75) is 98.0 Å². The number of esters is 1. The number of carboxylic acids is 1. The Labute approximate surface area is 135 Å². The minimum absolute atomic E-state index is 0.219. The van der Waals surface area contributed by atoms with Gasteiger partial charge in [0.15, 0.2) is 0 Å². The average molecular weight is 314 g/mol. The number of carboxylic acid groups (broad SMARTS) is 1. The zero-order chi connectivity index (χ0) is 17.2. The summed E-state index contributed by atoms with van der Waals surface area (Å²) < 4.78 is 5.54. The average Bonchev–Trinajstić information content (AvgIpc) is 2.35. The number of unbranched alkanes of at least 4 members (excludes halogenated alkanes) is 6. The maximum absolute atomic E-state index is 11.7. The predicted octanol–water partition coefficient (Wildman–Crippen LogP) is 4.95. The van der Waals surface area contributed by atoms with E-state index in [1.54, 1.807) is 0 Å². The Morgan fingerprint density at radius 3 is 1.86 bits per heavy atom. The fourth-order valence-corrected chi connectivity index (χ4v) is 2.41. The smallest absolute Gasteiger partial charge is 0.317 e. The molecule has 0 aromatic heterocycles. The molecule has 0 spiro atoms. The molecule has 0 heterocycles. The van der Waals surface area contributed by atoms with Gasteiger partial charge in [-0.3, -0.25) is 9.59 Å². The van der Waals surface area contributed by atoms with Gasteiger partial charge in [0.25, 0.3) is 0 Å². The Morgan fingerprint density at radius 1 is 0.909 bits per heavy atom. The fraction of sp³-hybridized carbons (Fsp3) is 0.889. The molecule has 0 saturated heterocycles. The van der Waals surface area contributed by atoms with Crippen molar-refractivity contribution in [1.29, 1.82) is 0 Å². The summed E-state index contributed by atoms with van der Waals surface area (Å²) in [6, 6.07) is 0. The molecule has 22 heavy (non-hydrogen) atoms. The molecular formula is C18H34O4. The molecule has 0 amide bonds. The second-order valence-corrected chi connectivity index (χ2v) is 7.40. The Kier molecular flexibility index (Phi) is 9.38. The molecule has 0 aliphatic heterocycles. The first-order valence-electron chi connectivity index (χ1n) is 8.56. The van der Waals surface area contributed by atoms with Gasteiger partial charge in [-0.2, -0.15) is 0 Å². The highest BCUT2D eigenvalue weighted by atomic mass is 16.6. The van der Waals surface area contributed by atoms with Gasteiger partial charge in [0.1, 0.15) is 12.0 Å². The van der Waals surface area contributed by atoms with Gasteiger partial charge in [-0.15, -0.1) is 0 Å². The standard InChI is InChI=1S/C18H34O4/c1-6-7-8-9-10-11-12-13-18(5,17(2,3)4)22-16(21)14-15(19)20/h6-14H2,1-5H3,(H,19,20). The third kappa shape index (κ3) is 8.40. The Bertz CT molecular complexity index is 343. The zero-order valence-electron chi connectivity index (χ0n) is 15.0. The van der Waals surface area contributed by atoms with Crippen molar-refractivity contribution in [3.63, 3.8) is 0 Å². The van der Waals surface area contributed by atoms with Crippen molar-refractivity contribution in [3.8, 4) is 0 Å². The van der Waals surface area contributed by atoms with Crippen LogP contribution in [0.5, 0.6) is 0 Å². The molecule has 0 aromatic carbocycles. The number of hydrogen-bond donors (Lipinski definition) is 1. The van der Waals surface area contributed by atoms with E-state index in [1.807, 2.05) is 27.7 Å². The molecule has 0 saturated carbocycles. The lowest BCUT2D eigenvalue weighted by Crippen LogP contribution is -2.44. The summed E-state index contributed by atoms with van der Waals surface area (Å²) in [5.41, 5.74) is -0.841. The summed E-state index contributed by atoms with van der Waals surface area (Å²) >= 11 is 0. The van der Waals surface area contributed by atoms with E-state index in [-0.39, 0.29) is 5.41 Å². The summed E-state index contributed by atoms with van der Waals surface area (Å²) in [6.07, 6.45) is 8.65. The summed E-state index contributed by atoms with van der Waals surface area (Å²) in [7, 11) is 0. The van der Waals surface area contributed by atoms with Crippen molar-refractivity contribution in [2.75, 3.05) is 0 Å². The highest BCUT2D eigenvalue weighted by Gasteiger charge is 2.40. The highest BCUT2D eigenvalue weighted by Crippen LogP contribution is 2.38. The zero-order valence-corrected chi connectivity index (χ0v) is 15.0. The van der Waals surface area contributed by atoms with Crippen LogP contribution in [0.1, 0.15) is 92.4 Å². The van der Waals surface area contributed by atoms with Gasteiger partial charge in [0.05, 0.1) is 0 Å². The van der Waals surface area contributed by atoms with E-state index in [4.69, 9.17) is 9.84 Å². The monoisotopic (exact) mass is 314 g/mol. The van der Waals surface area contributed by atoms with E-state index in [9.17, 15) is 9.59 Å². The van der Waals surface area contributed by atoms with E-state index in [0.29, 0.717) is 0 Å². The second-order valence-electron chi connectivity index (χ2n) is 7.40. The molecule has 4 heteroatoms. The van der Waals surface area contributed by atoms with Gasteiger partial charge in [0, 0.05) is 5.41 Å². The van der Waals surface area contributed by atoms with Gasteiger partial charge >= 0.3 is 11.9 Å². The quantitative estimate of drug-likeness (QED) is 0.333. The highest BCUT2D eigenvalue weighted by molar-refractivity contribution is 5.90. The van der Waals surface area contributed by atoms with Gasteiger partial charge in [-0.1, -0.05) is 66.2 Å². The van der Waals surface area contributed by atoms with Crippen LogP contribution in [0.3, 0.4) is 0 Å². The second kappa shape index (κ2) is 9.86. The van der Waals surface area contributed by atoms with Gasteiger partial charge < -0.3 is 9.84 Å². The van der Waals surface area contributed by atoms with Crippen LogP contribution in [0.4, 0.5) is 0 Å². The number of rotatable bonds is 11. The summed E-state index contributed by atoms with van der Waals surface area (Å²) in [6.45, 7) is 10.2. The number of carbonyl (C=O) groups is 2. The first kappa shape index (κ1) is 20.9. The molecule has 0 aliphatic carbocycles. The number of ether oxygens (including phenoxy) is 1. The third-order valence-electron chi connectivity index (χ3n) is 4.48. The Morgan fingerprint density at radius 2 is 1.41 bits per heavy atom. The molecule has 1 unspecified atom stereocenters. The molecule has 0 aliphatic rings. The third-order valence-corrected chi connectivity index (χ3v) is 4.48. The first-order chi connectivity index (χ1) is 10.1. The molecular weight excluding hydrogens is 280 g/mol. The van der Waals surface area contributed by atoms with Crippen LogP contribution in [0, 0.1) is 5.41 Å². The minimum Gasteiger partial charge on any atom is -0.481 e. The molecule has 0 fully saturated rings. The lowest BCUT2D eigenvalue weighted by atomic mass is 9.74. The molecule has 0 aromatic rings. The Balaban J connectivity index is 4.34. The molecule has 0 bridgehead atoms. The van der Waals surface area contributed by atoms with E-state index < -0.39 is 24.0 Å². The number of carbonyl (C=O) groups excluding carboxylic acids is 1. The molecule has 1 N–H and O–H groups in total. The lowest BCUT2D eigenvalue weighted by Gasteiger charge is -2.41. The topological polar surface area (TPSA) is 63.6 Å². The van der Waals surface area contributed by atoms with Crippen molar-refractivity contribution in [1.82, 2.24) is 0 Å².